The van der Waals surface area contributed by atoms with Crippen molar-refractivity contribution in [1.82, 2.24) is 4.98 Å². The maximum Gasteiger partial charge on any atom is 0.249 e. The number of carbonyl (C=O) groups excluding carboxylic acids is 1. The van der Waals surface area contributed by atoms with Crippen molar-refractivity contribution in [3.05, 3.63) is 11.2 Å². The molecule has 5 nitrogen and oxygen atoms in total. The molecule has 0 radical (unpaired) electrons. The number of thiazole rings is 1. The van der Waals surface area contributed by atoms with Crippen LogP contribution in [0.25, 0.3) is 0 Å². The number of carbonyl (C=O) groups is 1. The number of hydrogen-bond donors (Lipinski definition) is 1. The number of sulfonamides is 1. The maximum absolute atomic E-state index is 11.6. The van der Waals surface area contributed by atoms with Gasteiger partial charge >= 0.3 is 0 Å². The molecule has 0 aromatic carbocycles. The highest BCUT2D eigenvalue weighted by Gasteiger charge is 2.16. The Hall–Kier alpha value is -0.790. The molecular weight excluding hydrogens is 248 g/mol. The topological polar surface area (TPSA) is 90.1 Å². The van der Waals surface area contributed by atoms with E-state index in [-0.39, 0.29) is 15.0 Å². The highest BCUT2D eigenvalue weighted by atomic mass is 32.2. The van der Waals surface area contributed by atoms with Crippen molar-refractivity contribution in [3.63, 3.8) is 0 Å². The van der Waals surface area contributed by atoms with Crippen LogP contribution in [-0.2, 0) is 10.0 Å². The zero-order valence-electron chi connectivity index (χ0n) is 8.97. The van der Waals surface area contributed by atoms with Gasteiger partial charge in [0.05, 0.1) is 6.20 Å². The summed E-state index contributed by atoms with van der Waals surface area (Å²) in [4.78, 5) is 15.3. The molecular formula is C9H14N2O3S2. The van der Waals surface area contributed by atoms with Gasteiger partial charge in [-0.05, 0) is 6.42 Å². The van der Waals surface area contributed by atoms with Crippen LogP contribution in [0.2, 0.25) is 0 Å². The first-order valence-corrected chi connectivity index (χ1v) is 7.33. The molecule has 90 valence electrons. The van der Waals surface area contributed by atoms with E-state index in [1.807, 2.05) is 6.92 Å². The van der Waals surface area contributed by atoms with Crippen LogP contribution < -0.4 is 5.14 Å². The molecule has 0 saturated carbocycles. The van der Waals surface area contributed by atoms with Crippen LogP contribution in [0.4, 0.5) is 0 Å². The normalized spacial score (nSPS) is 11.6. The van der Waals surface area contributed by atoms with E-state index in [0.29, 0.717) is 6.42 Å². The summed E-state index contributed by atoms with van der Waals surface area (Å²) >= 11 is 0.832. The maximum atomic E-state index is 11.6. The lowest BCUT2D eigenvalue weighted by Gasteiger charge is -1.95. The molecule has 7 heteroatoms. The number of hydrogen-bond acceptors (Lipinski definition) is 5. The molecule has 16 heavy (non-hydrogen) atoms. The molecule has 0 amide bonds. The first kappa shape index (κ1) is 13.3. The Morgan fingerprint density at radius 1 is 1.50 bits per heavy atom. The second kappa shape index (κ2) is 5.51. The zero-order chi connectivity index (χ0) is 12.2. The predicted octanol–water partition coefficient (Wildman–Crippen LogP) is 1.55. The standard InChI is InChI=1S/C9H14N2O3S2/c1-2-3-4-5-7(12)9-11-6-8(15-9)16(10,13)14/h6H,2-5H2,1H3,(H2,10,13,14). The lowest BCUT2D eigenvalue weighted by atomic mass is 10.1. The van der Waals surface area contributed by atoms with Crippen molar-refractivity contribution in [2.24, 2.45) is 5.14 Å². The van der Waals surface area contributed by atoms with Crippen molar-refractivity contribution in [2.75, 3.05) is 0 Å². The third kappa shape index (κ3) is 3.66. The fourth-order valence-electron chi connectivity index (χ4n) is 1.16. The predicted molar refractivity (Wildman–Crippen MR) is 62.0 cm³/mol. The summed E-state index contributed by atoms with van der Waals surface area (Å²) in [5.74, 6) is -0.117. The van der Waals surface area contributed by atoms with E-state index in [0.717, 1.165) is 36.8 Å². The minimum atomic E-state index is -3.74. The van der Waals surface area contributed by atoms with E-state index in [1.165, 1.54) is 0 Å². The Kier molecular flexibility index (Phi) is 4.57. The van der Waals surface area contributed by atoms with Crippen molar-refractivity contribution in [1.29, 1.82) is 0 Å². The van der Waals surface area contributed by atoms with Gasteiger partial charge in [-0.15, -0.1) is 0 Å². The van der Waals surface area contributed by atoms with Gasteiger partial charge in [0.25, 0.3) is 0 Å². The van der Waals surface area contributed by atoms with Crippen molar-refractivity contribution in [2.45, 2.75) is 36.8 Å². The molecule has 2 N–H and O–H groups in total. The summed E-state index contributed by atoms with van der Waals surface area (Å²) < 4.78 is 21.9. The smallest absolute Gasteiger partial charge is 0.249 e. The number of ketones is 1. The SMILES string of the molecule is CCCCCC(=O)c1ncc(S(N)(=O)=O)s1. The summed E-state index contributed by atoms with van der Waals surface area (Å²) in [5.41, 5.74) is 0. The molecule has 1 aromatic rings. The van der Waals surface area contributed by atoms with Crippen molar-refractivity contribution in [3.8, 4) is 0 Å². The minimum Gasteiger partial charge on any atom is -0.292 e. The molecule has 0 aliphatic rings. The number of rotatable bonds is 6. The van der Waals surface area contributed by atoms with E-state index in [2.05, 4.69) is 4.98 Å². The first-order valence-electron chi connectivity index (χ1n) is 4.97. The van der Waals surface area contributed by atoms with Gasteiger partial charge in [-0.1, -0.05) is 31.1 Å². The molecule has 0 aliphatic heterocycles. The van der Waals surface area contributed by atoms with Crippen LogP contribution in [-0.4, -0.2) is 19.2 Å². The van der Waals surface area contributed by atoms with Gasteiger partial charge in [0.15, 0.2) is 15.0 Å². The third-order valence-corrected chi connectivity index (χ3v) is 4.46. The quantitative estimate of drug-likeness (QED) is 0.622. The molecule has 0 saturated heterocycles. The largest absolute Gasteiger partial charge is 0.292 e. The van der Waals surface area contributed by atoms with Gasteiger partial charge in [-0.3, -0.25) is 4.79 Å². The number of aromatic nitrogens is 1. The Morgan fingerprint density at radius 3 is 2.69 bits per heavy atom. The highest BCUT2D eigenvalue weighted by molar-refractivity contribution is 7.91. The summed E-state index contributed by atoms with van der Waals surface area (Å²) in [7, 11) is -3.74. The van der Waals surface area contributed by atoms with Crippen LogP contribution in [0, 0.1) is 0 Å². The number of nitrogens with zero attached hydrogens (tertiary/aromatic N) is 1. The van der Waals surface area contributed by atoms with Gasteiger partial charge in [0.1, 0.15) is 0 Å². The lowest BCUT2D eigenvalue weighted by Crippen LogP contribution is -2.09. The van der Waals surface area contributed by atoms with Gasteiger partial charge in [-0.2, -0.15) is 0 Å². The second-order valence-electron chi connectivity index (χ2n) is 3.41. The number of nitrogens with two attached hydrogens (primary N) is 1. The van der Waals surface area contributed by atoms with E-state index in [9.17, 15) is 13.2 Å². The first-order chi connectivity index (χ1) is 7.45. The molecule has 1 rings (SSSR count). The van der Waals surface area contributed by atoms with Crippen LogP contribution in [0.1, 0.15) is 42.4 Å². The molecule has 0 spiro atoms. The van der Waals surface area contributed by atoms with E-state index in [1.54, 1.807) is 0 Å². The Balaban J connectivity index is 2.68. The van der Waals surface area contributed by atoms with E-state index >= 15 is 0 Å². The second-order valence-corrected chi connectivity index (χ2v) is 6.23. The molecule has 0 aliphatic carbocycles. The van der Waals surface area contributed by atoms with E-state index in [4.69, 9.17) is 5.14 Å². The van der Waals surface area contributed by atoms with E-state index < -0.39 is 10.0 Å². The summed E-state index contributed by atoms with van der Waals surface area (Å²) in [6, 6.07) is 0. The average molecular weight is 262 g/mol. The van der Waals surface area contributed by atoms with Crippen molar-refractivity contribution < 1.29 is 13.2 Å². The monoisotopic (exact) mass is 262 g/mol. The minimum absolute atomic E-state index is 0.0636. The molecule has 1 heterocycles. The fourth-order valence-corrected chi connectivity index (χ4v) is 2.68. The molecule has 0 bridgehead atoms. The fraction of sp³-hybridized carbons (Fsp3) is 0.556. The highest BCUT2D eigenvalue weighted by Crippen LogP contribution is 2.19. The Bertz CT molecular complexity index is 465. The van der Waals surface area contributed by atoms with Crippen LogP contribution in [0.3, 0.4) is 0 Å². The molecule has 0 unspecified atom stereocenters. The summed E-state index contributed by atoms with van der Waals surface area (Å²) in [5, 5.41) is 5.15. The van der Waals surface area contributed by atoms with Gasteiger partial charge < -0.3 is 0 Å². The Morgan fingerprint density at radius 2 is 2.19 bits per heavy atom. The third-order valence-electron chi connectivity index (χ3n) is 2.01. The summed E-state index contributed by atoms with van der Waals surface area (Å²) in [6.07, 6.45) is 4.37. The number of Topliss-reactive ketones (excluding diaryl/α,β-unsaturated/α-hetero) is 1. The van der Waals surface area contributed by atoms with Gasteiger partial charge in [-0.25, -0.2) is 18.5 Å². The average Bonchev–Trinajstić information content (AvgIpc) is 2.66. The van der Waals surface area contributed by atoms with Gasteiger partial charge in [0, 0.05) is 6.42 Å². The Labute approximate surface area is 98.7 Å². The van der Waals surface area contributed by atoms with Gasteiger partial charge in [0.2, 0.25) is 10.0 Å². The molecule has 0 fully saturated rings. The van der Waals surface area contributed by atoms with Crippen LogP contribution in [0.5, 0.6) is 0 Å². The van der Waals surface area contributed by atoms with Crippen molar-refractivity contribution >= 4 is 27.1 Å². The number of primary sulfonamides is 1. The lowest BCUT2D eigenvalue weighted by molar-refractivity contribution is 0.0979. The van der Waals surface area contributed by atoms with Crippen LogP contribution >= 0.6 is 11.3 Å². The van der Waals surface area contributed by atoms with Crippen LogP contribution in [0.15, 0.2) is 10.4 Å². The summed E-state index contributed by atoms with van der Waals surface area (Å²) in [6.45, 7) is 2.05. The zero-order valence-corrected chi connectivity index (χ0v) is 10.6. The number of unbranched alkanes of at least 4 members (excludes halogenated alkanes) is 2. The molecule has 0 atom stereocenters. The molecule has 1 aromatic heterocycles.